The average molecular weight is 348 g/mol. The molecule has 1 amide bonds. The summed E-state index contributed by atoms with van der Waals surface area (Å²) in [7, 11) is 0. The van der Waals surface area contributed by atoms with E-state index in [-0.39, 0.29) is 17.6 Å². The number of hydrogen-bond donors (Lipinski definition) is 0. The number of likely N-dealkylation sites (tertiary alicyclic amines) is 1. The van der Waals surface area contributed by atoms with Crippen LogP contribution in [-0.2, 0) is 20.9 Å². The van der Waals surface area contributed by atoms with Crippen molar-refractivity contribution >= 4 is 17.2 Å². The Morgan fingerprint density at radius 1 is 1.50 bits per heavy atom. The molecule has 24 heavy (non-hydrogen) atoms. The van der Waals surface area contributed by atoms with Gasteiger partial charge in [0, 0.05) is 30.8 Å². The van der Waals surface area contributed by atoms with Crippen molar-refractivity contribution in [2.75, 3.05) is 19.7 Å². The van der Waals surface area contributed by atoms with Gasteiger partial charge in [-0.15, -0.1) is 11.3 Å². The van der Waals surface area contributed by atoms with E-state index in [2.05, 4.69) is 17.1 Å². The highest BCUT2D eigenvalue weighted by molar-refractivity contribution is 7.09. The SMILES string of the molecule is Cc1nc(CO[C@H]2CO[C@@]3(CCN(C(=O)C4CC=CC4)C3)C2)cs1. The number of amides is 1. The number of rotatable bonds is 4. The first-order chi connectivity index (χ1) is 11.6. The molecule has 0 saturated carbocycles. The highest BCUT2D eigenvalue weighted by Crippen LogP contribution is 2.37. The molecule has 0 radical (unpaired) electrons. The Hall–Kier alpha value is -1.24. The summed E-state index contributed by atoms with van der Waals surface area (Å²) in [5, 5.41) is 3.12. The third-order valence-electron chi connectivity index (χ3n) is 5.29. The number of aryl methyl sites for hydroxylation is 1. The highest BCUT2D eigenvalue weighted by atomic mass is 32.1. The van der Waals surface area contributed by atoms with E-state index >= 15 is 0 Å². The third kappa shape index (κ3) is 3.27. The fourth-order valence-electron chi connectivity index (χ4n) is 3.98. The number of thiazole rings is 1. The van der Waals surface area contributed by atoms with Crippen LogP contribution in [0.25, 0.3) is 0 Å². The van der Waals surface area contributed by atoms with Crippen LogP contribution in [0.2, 0.25) is 0 Å². The lowest BCUT2D eigenvalue weighted by atomic mass is 9.98. The lowest BCUT2D eigenvalue weighted by Crippen LogP contribution is -2.38. The van der Waals surface area contributed by atoms with Crippen LogP contribution < -0.4 is 0 Å². The van der Waals surface area contributed by atoms with Gasteiger partial charge in [0.05, 0.1) is 35.6 Å². The van der Waals surface area contributed by atoms with Gasteiger partial charge in [0.15, 0.2) is 0 Å². The van der Waals surface area contributed by atoms with Crippen LogP contribution in [0.4, 0.5) is 0 Å². The molecule has 0 N–H and O–H groups in total. The van der Waals surface area contributed by atoms with E-state index in [0.29, 0.717) is 19.1 Å². The second-order valence-corrected chi connectivity index (χ2v) is 8.20. The van der Waals surface area contributed by atoms with E-state index in [0.717, 1.165) is 49.5 Å². The molecule has 0 bridgehead atoms. The average Bonchev–Trinajstić information content (AvgIpc) is 3.34. The van der Waals surface area contributed by atoms with E-state index in [1.807, 2.05) is 17.2 Å². The Bertz CT molecular complexity index is 636. The van der Waals surface area contributed by atoms with Gasteiger partial charge < -0.3 is 14.4 Å². The predicted molar refractivity (Wildman–Crippen MR) is 91.8 cm³/mol. The lowest BCUT2D eigenvalue weighted by molar-refractivity contribution is -0.135. The molecule has 2 atom stereocenters. The molecule has 0 unspecified atom stereocenters. The number of carbonyl (C=O) groups excluding carboxylic acids is 1. The number of ether oxygens (including phenoxy) is 2. The molecule has 0 aromatic carbocycles. The predicted octanol–water partition coefficient (Wildman–Crippen LogP) is 2.69. The van der Waals surface area contributed by atoms with Gasteiger partial charge in [0.1, 0.15) is 0 Å². The van der Waals surface area contributed by atoms with Crippen LogP contribution in [0.5, 0.6) is 0 Å². The largest absolute Gasteiger partial charge is 0.370 e. The fraction of sp³-hybridized carbons (Fsp3) is 0.667. The summed E-state index contributed by atoms with van der Waals surface area (Å²) in [6.45, 7) is 4.71. The third-order valence-corrected chi connectivity index (χ3v) is 6.12. The van der Waals surface area contributed by atoms with Crippen molar-refractivity contribution in [1.82, 2.24) is 9.88 Å². The van der Waals surface area contributed by atoms with Crippen molar-refractivity contribution < 1.29 is 14.3 Å². The molecule has 1 aromatic rings. The maximum Gasteiger partial charge on any atom is 0.226 e. The van der Waals surface area contributed by atoms with Gasteiger partial charge >= 0.3 is 0 Å². The van der Waals surface area contributed by atoms with Gasteiger partial charge in [-0.1, -0.05) is 12.2 Å². The molecule has 2 fully saturated rings. The molecule has 1 spiro atoms. The second kappa shape index (κ2) is 6.58. The zero-order valence-corrected chi connectivity index (χ0v) is 14.9. The Labute approximate surface area is 146 Å². The number of aromatic nitrogens is 1. The van der Waals surface area contributed by atoms with Crippen molar-refractivity contribution in [2.45, 2.75) is 50.9 Å². The number of carbonyl (C=O) groups is 1. The van der Waals surface area contributed by atoms with E-state index < -0.39 is 0 Å². The summed E-state index contributed by atoms with van der Waals surface area (Å²) in [5.74, 6) is 0.448. The summed E-state index contributed by atoms with van der Waals surface area (Å²) in [6, 6.07) is 0. The normalized spacial score (nSPS) is 30.0. The van der Waals surface area contributed by atoms with Crippen molar-refractivity contribution in [3.8, 4) is 0 Å². The summed E-state index contributed by atoms with van der Waals surface area (Å²) in [6.07, 6.45) is 7.92. The van der Waals surface area contributed by atoms with Gasteiger partial charge in [-0.25, -0.2) is 4.98 Å². The Balaban J connectivity index is 1.29. The Kier molecular flexibility index (Phi) is 4.45. The second-order valence-electron chi connectivity index (χ2n) is 7.14. The Morgan fingerprint density at radius 3 is 3.08 bits per heavy atom. The zero-order valence-electron chi connectivity index (χ0n) is 14.1. The highest BCUT2D eigenvalue weighted by Gasteiger charge is 2.47. The molecule has 1 aliphatic carbocycles. The zero-order chi connectivity index (χ0) is 16.6. The van der Waals surface area contributed by atoms with E-state index in [1.54, 1.807) is 11.3 Å². The van der Waals surface area contributed by atoms with Crippen LogP contribution in [-0.4, -0.2) is 47.2 Å². The van der Waals surface area contributed by atoms with Crippen LogP contribution in [0.1, 0.15) is 36.4 Å². The first-order valence-corrected chi connectivity index (χ1v) is 9.62. The maximum absolute atomic E-state index is 12.6. The van der Waals surface area contributed by atoms with Crippen LogP contribution in [0.15, 0.2) is 17.5 Å². The molecular weight excluding hydrogens is 324 g/mol. The van der Waals surface area contributed by atoms with Crippen LogP contribution in [0, 0.1) is 12.8 Å². The van der Waals surface area contributed by atoms with Crippen LogP contribution >= 0.6 is 11.3 Å². The Morgan fingerprint density at radius 2 is 2.33 bits per heavy atom. The van der Waals surface area contributed by atoms with Gasteiger partial charge in [-0.2, -0.15) is 0 Å². The summed E-state index contributed by atoms with van der Waals surface area (Å²) < 4.78 is 12.1. The van der Waals surface area contributed by atoms with Gasteiger partial charge in [0.25, 0.3) is 0 Å². The number of hydrogen-bond acceptors (Lipinski definition) is 5. The van der Waals surface area contributed by atoms with E-state index in [9.17, 15) is 4.79 Å². The molecular formula is C18H24N2O3S. The van der Waals surface area contributed by atoms with E-state index in [1.165, 1.54) is 0 Å². The number of allylic oxidation sites excluding steroid dienone is 2. The minimum absolute atomic E-state index is 0.107. The van der Waals surface area contributed by atoms with Gasteiger partial charge in [-0.05, 0) is 26.2 Å². The summed E-state index contributed by atoms with van der Waals surface area (Å²) in [5.41, 5.74) is 0.806. The molecule has 1 aromatic heterocycles. The molecule has 3 heterocycles. The fourth-order valence-corrected chi connectivity index (χ4v) is 4.58. The first kappa shape index (κ1) is 16.2. The maximum atomic E-state index is 12.6. The number of nitrogens with zero attached hydrogens (tertiary/aromatic N) is 2. The molecule has 5 nitrogen and oxygen atoms in total. The van der Waals surface area contributed by atoms with Crippen molar-refractivity contribution in [3.63, 3.8) is 0 Å². The molecule has 4 rings (SSSR count). The topological polar surface area (TPSA) is 51.7 Å². The summed E-state index contributed by atoms with van der Waals surface area (Å²) >= 11 is 1.65. The molecule has 2 saturated heterocycles. The monoisotopic (exact) mass is 348 g/mol. The van der Waals surface area contributed by atoms with Crippen molar-refractivity contribution in [1.29, 1.82) is 0 Å². The minimum Gasteiger partial charge on any atom is -0.370 e. The minimum atomic E-state index is -0.190. The molecule has 130 valence electrons. The summed E-state index contributed by atoms with van der Waals surface area (Å²) in [4.78, 5) is 19.0. The molecule has 6 heteroatoms. The standard InChI is InChI=1S/C18H24N2O3S/c1-13-19-15(11-24-13)9-22-16-8-18(23-10-16)6-7-20(12-18)17(21)14-4-2-3-5-14/h2-3,11,14,16H,4-10,12H2,1H3/t16-,18+/m1/s1. The van der Waals surface area contributed by atoms with Crippen molar-refractivity contribution in [2.24, 2.45) is 5.92 Å². The van der Waals surface area contributed by atoms with Gasteiger partial charge in [-0.3, -0.25) is 4.79 Å². The van der Waals surface area contributed by atoms with Crippen molar-refractivity contribution in [3.05, 3.63) is 28.2 Å². The molecule has 2 aliphatic heterocycles. The lowest BCUT2D eigenvalue weighted by Gasteiger charge is -2.25. The van der Waals surface area contributed by atoms with Gasteiger partial charge in [0.2, 0.25) is 5.91 Å². The quantitative estimate of drug-likeness (QED) is 0.785. The molecule has 3 aliphatic rings. The van der Waals surface area contributed by atoms with Crippen LogP contribution in [0.3, 0.4) is 0 Å². The smallest absolute Gasteiger partial charge is 0.226 e. The first-order valence-electron chi connectivity index (χ1n) is 8.74. The van der Waals surface area contributed by atoms with E-state index in [4.69, 9.17) is 9.47 Å².